The van der Waals surface area contributed by atoms with Crippen LogP contribution < -0.4 is 5.73 Å². The zero-order valence-corrected chi connectivity index (χ0v) is 9.16. The van der Waals surface area contributed by atoms with Gasteiger partial charge in [-0.3, -0.25) is 0 Å². The normalized spacial score (nSPS) is 10.4. The lowest BCUT2D eigenvalue weighted by Gasteiger charge is -2.04. The number of anilines is 1. The summed E-state index contributed by atoms with van der Waals surface area (Å²) in [6.45, 7) is 3.55. The molecule has 0 aliphatic rings. The van der Waals surface area contributed by atoms with Crippen LogP contribution in [0.3, 0.4) is 0 Å². The van der Waals surface area contributed by atoms with Gasteiger partial charge in [-0.2, -0.15) is 0 Å². The summed E-state index contributed by atoms with van der Waals surface area (Å²) in [5.41, 5.74) is 7.78. The molecule has 0 saturated carbocycles. The fraction of sp³-hybridized carbons (Fsp3) is 0.167. The predicted octanol–water partition coefficient (Wildman–Crippen LogP) is 2.48. The van der Waals surface area contributed by atoms with Crippen molar-refractivity contribution in [1.29, 1.82) is 0 Å². The molecule has 0 radical (unpaired) electrons. The molecule has 0 bridgehead atoms. The van der Waals surface area contributed by atoms with Gasteiger partial charge in [0.25, 0.3) is 0 Å². The maximum Gasteiger partial charge on any atom is 0.161 e. The fourth-order valence-corrected chi connectivity index (χ4v) is 1.51. The molecule has 16 heavy (non-hydrogen) atoms. The van der Waals surface area contributed by atoms with Crippen molar-refractivity contribution >= 4 is 5.82 Å². The Morgan fingerprint density at radius 3 is 2.50 bits per heavy atom. The Bertz CT molecular complexity index is 518. The van der Waals surface area contributed by atoms with Gasteiger partial charge < -0.3 is 5.73 Å². The van der Waals surface area contributed by atoms with Crippen molar-refractivity contribution < 1.29 is 4.39 Å². The molecule has 0 amide bonds. The van der Waals surface area contributed by atoms with Crippen LogP contribution in [0.15, 0.2) is 24.3 Å². The summed E-state index contributed by atoms with van der Waals surface area (Å²) in [5.74, 6) is 0.717. The molecule has 1 heterocycles. The second-order valence-corrected chi connectivity index (χ2v) is 3.72. The molecule has 0 fully saturated rings. The number of hydrogen-bond acceptors (Lipinski definition) is 3. The summed E-state index contributed by atoms with van der Waals surface area (Å²) in [7, 11) is 0. The fourth-order valence-electron chi connectivity index (χ4n) is 1.51. The van der Waals surface area contributed by atoms with Gasteiger partial charge in [0.1, 0.15) is 11.6 Å². The second-order valence-electron chi connectivity index (χ2n) is 3.72. The highest BCUT2D eigenvalue weighted by molar-refractivity contribution is 5.58. The number of aryl methyl sites for hydroxylation is 2. The predicted molar refractivity (Wildman–Crippen MR) is 61.3 cm³/mol. The van der Waals surface area contributed by atoms with Crippen LogP contribution in [0.25, 0.3) is 11.4 Å². The quantitative estimate of drug-likeness (QED) is 0.798. The topological polar surface area (TPSA) is 51.8 Å². The van der Waals surface area contributed by atoms with Gasteiger partial charge in [-0.15, -0.1) is 0 Å². The van der Waals surface area contributed by atoms with E-state index in [4.69, 9.17) is 5.73 Å². The van der Waals surface area contributed by atoms with Crippen LogP contribution in [0.2, 0.25) is 0 Å². The van der Waals surface area contributed by atoms with E-state index in [-0.39, 0.29) is 5.82 Å². The number of rotatable bonds is 1. The minimum atomic E-state index is -0.232. The third-order valence-corrected chi connectivity index (χ3v) is 2.29. The SMILES string of the molecule is Cc1cc(N)nc(-c2ccc(F)c(C)c2)n1. The molecule has 0 spiro atoms. The molecule has 0 aliphatic carbocycles. The molecule has 0 saturated heterocycles. The minimum Gasteiger partial charge on any atom is -0.384 e. The highest BCUT2D eigenvalue weighted by Crippen LogP contribution is 2.19. The van der Waals surface area contributed by atoms with Crippen LogP contribution >= 0.6 is 0 Å². The Hall–Kier alpha value is -1.97. The Morgan fingerprint density at radius 2 is 1.88 bits per heavy atom. The molecule has 0 atom stereocenters. The molecular formula is C12H12FN3. The van der Waals surface area contributed by atoms with Crippen molar-refractivity contribution in [3.8, 4) is 11.4 Å². The molecule has 0 unspecified atom stereocenters. The van der Waals surface area contributed by atoms with Crippen molar-refractivity contribution in [1.82, 2.24) is 9.97 Å². The van der Waals surface area contributed by atoms with Gasteiger partial charge in [-0.25, -0.2) is 14.4 Å². The lowest BCUT2D eigenvalue weighted by molar-refractivity contribution is 0.618. The first-order valence-electron chi connectivity index (χ1n) is 4.94. The highest BCUT2D eigenvalue weighted by Gasteiger charge is 2.05. The molecular weight excluding hydrogens is 205 g/mol. The number of hydrogen-bond donors (Lipinski definition) is 1. The van der Waals surface area contributed by atoms with Gasteiger partial charge in [-0.05, 0) is 37.6 Å². The Labute approximate surface area is 93.2 Å². The third kappa shape index (κ3) is 2.00. The zero-order valence-electron chi connectivity index (χ0n) is 9.16. The van der Waals surface area contributed by atoms with Crippen molar-refractivity contribution in [3.05, 3.63) is 41.3 Å². The second kappa shape index (κ2) is 3.89. The van der Waals surface area contributed by atoms with Crippen LogP contribution in [0.5, 0.6) is 0 Å². The van der Waals surface area contributed by atoms with E-state index in [0.717, 1.165) is 11.3 Å². The van der Waals surface area contributed by atoms with Crippen molar-refractivity contribution in [2.75, 3.05) is 5.73 Å². The molecule has 0 aliphatic heterocycles. The smallest absolute Gasteiger partial charge is 0.161 e. The summed E-state index contributed by atoms with van der Waals surface area (Å²) in [4.78, 5) is 8.38. The number of nitrogens with two attached hydrogens (primary N) is 1. The van der Waals surface area contributed by atoms with Gasteiger partial charge in [-0.1, -0.05) is 0 Å². The average molecular weight is 217 g/mol. The Morgan fingerprint density at radius 1 is 1.12 bits per heavy atom. The van der Waals surface area contributed by atoms with Gasteiger partial charge in [0.15, 0.2) is 5.82 Å². The van der Waals surface area contributed by atoms with Crippen LogP contribution in [0.4, 0.5) is 10.2 Å². The number of halogens is 1. The average Bonchev–Trinajstić information content (AvgIpc) is 2.20. The van der Waals surface area contributed by atoms with Crippen LogP contribution in [-0.2, 0) is 0 Å². The monoisotopic (exact) mass is 217 g/mol. The van der Waals surface area contributed by atoms with E-state index in [9.17, 15) is 4.39 Å². The van der Waals surface area contributed by atoms with E-state index in [0.29, 0.717) is 17.2 Å². The van der Waals surface area contributed by atoms with Gasteiger partial charge in [0, 0.05) is 17.3 Å². The van der Waals surface area contributed by atoms with Crippen LogP contribution in [0.1, 0.15) is 11.3 Å². The minimum absolute atomic E-state index is 0.232. The highest BCUT2D eigenvalue weighted by atomic mass is 19.1. The van der Waals surface area contributed by atoms with Gasteiger partial charge in [0.2, 0.25) is 0 Å². The van der Waals surface area contributed by atoms with E-state index in [1.54, 1.807) is 25.1 Å². The Kier molecular flexibility index (Phi) is 2.56. The summed E-state index contributed by atoms with van der Waals surface area (Å²) in [6, 6.07) is 6.46. The summed E-state index contributed by atoms with van der Waals surface area (Å²) >= 11 is 0. The summed E-state index contributed by atoms with van der Waals surface area (Å²) in [6.07, 6.45) is 0. The van der Waals surface area contributed by atoms with E-state index < -0.39 is 0 Å². The first kappa shape index (κ1) is 10.5. The number of benzene rings is 1. The molecule has 2 rings (SSSR count). The molecule has 2 N–H and O–H groups in total. The molecule has 3 nitrogen and oxygen atoms in total. The van der Waals surface area contributed by atoms with Crippen molar-refractivity contribution in [2.24, 2.45) is 0 Å². The number of nitrogens with zero attached hydrogens (tertiary/aromatic N) is 2. The van der Waals surface area contributed by atoms with E-state index >= 15 is 0 Å². The zero-order chi connectivity index (χ0) is 11.7. The van der Waals surface area contributed by atoms with Crippen LogP contribution in [-0.4, -0.2) is 9.97 Å². The number of nitrogen functional groups attached to an aromatic ring is 1. The molecule has 1 aromatic heterocycles. The lowest BCUT2D eigenvalue weighted by atomic mass is 10.1. The molecule has 1 aromatic carbocycles. The van der Waals surface area contributed by atoms with Crippen LogP contribution in [0, 0.1) is 19.7 Å². The Balaban J connectivity index is 2.54. The standard InChI is InChI=1S/C12H12FN3/c1-7-5-9(3-4-10(7)13)12-15-8(2)6-11(14)16-12/h3-6H,1-2H3,(H2,14,15,16). The van der Waals surface area contributed by atoms with Crippen molar-refractivity contribution in [2.45, 2.75) is 13.8 Å². The van der Waals surface area contributed by atoms with Gasteiger partial charge in [0.05, 0.1) is 0 Å². The summed E-state index contributed by atoms with van der Waals surface area (Å²) < 4.78 is 13.1. The third-order valence-electron chi connectivity index (χ3n) is 2.29. The summed E-state index contributed by atoms with van der Waals surface area (Å²) in [5, 5.41) is 0. The maximum absolute atomic E-state index is 13.1. The van der Waals surface area contributed by atoms with E-state index in [1.807, 2.05) is 6.92 Å². The molecule has 2 aromatic rings. The lowest BCUT2D eigenvalue weighted by Crippen LogP contribution is -1.98. The largest absolute Gasteiger partial charge is 0.384 e. The van der Waals surface area contributed by atoms with E-state index in [2.05, 4.69) is 9.97 Å². The number of aromatic nitrogens is 2. The first-order valence-corrected chi connectivity index (χ1v) is 4.94. The van der Waals surface area contributed by atoms with Crippen molar-refractivity contribution in [3.63, 3.8) is 0 Å². The maximum atomic E-state index is 13.1. The molecule has 4 heteroatoms. The van der Waals surface area contributed by atoms with Gasteiger partial charge >= 0.3 is 0 Å². The van der Waals surface area contributed by atoms with E-state index in [1.165, 1.54) is 6.07 Å². The first-order chi connectivity index (χ1) is 7.56. The molecule has 82 valence electrons.